The van der Waals surface area contributed by atoms with E-state index >= 15 is 0 Å². The largest absolute Gasteiger partial charge is 0.464 e. The summed E-state index contributed by atoms with van der Waals surface area (Å²) in [5.41, 5.74) is 0. The zero-order valence-corrected chi connectivity index (χ0v) is 9.02. The first kappa shape index (κ1) is 12.9. The molecular weight excluding hydrogens is 186 g/mol. The van der Waals surface area contributed by atoms with Crippen molar-refractivity contribution < 1.29 is 19.2 Å². The van der Waals surface area contributed by atoms with E-state index in [0.29, 0.717) is 13.0 Å². The van der Waals surface area contributed by atoms with E-state index in [-0.39, 0.29) is 5.92 Å². The summed E-state index contributed by atoms with van der Waals surface area (Å²) in [7, 11) is 1.32. The molecule has 1 atom stereocenters. The highest BCUT2D eigenvalue weighted by Gasteiger charge is 2.21. The van der Waals surface area contributed by atoms with Crippen molar-refractivity contribution in [1.82, 2.24) is 5.06 Å². The molecule has 0 bridgehead atoms. The van der Waals surface area contributed by atoms with E-state index in [9.17, 15) is 9.59 Å². The number of hydrogen-bond acceptors (Lipinski definition) is 4. The van der Waals surface area contributed by atoms with Gasteiger partial charge in [-0.05, 0) is 12.8 Å². The fourth-order valence-corrected chi connectivity index (χ4v) is 0.766. The lowest BCUT2D eigenvalue weighted by Crippen LogP contribution is -2.38. The van der Waals surface area contributed by atoms with Crippen molar-refractivity contribution in [2.24, 2.45) is 5.92 Å². The molecule has 0 saturated heterocycles. The summed E-state index contributed by atoms with van der Waals surface area (Å²) >= 11 is 0. The highest BCUT2D eigenvalue weighted by atomic mass is 16.7. The summed E-state index contributed by atoms with van der Waals surface area (Å²) in [5.74, 6) is -0.189. The molecule has 0 aromatic rings. The molecule has 0 spiro atoms. The van der Waals surface area contributed by atoms with Crippen molar-refractivity contribution in [3.8, 4) is 0 Å². The Hall–Kier alpha value is -1.10. The van der Waals surface area contributed by atoms with Gasteiger partial charge in [0.05, 0.1) is 13.7 Å². The SMILES string of the molecule is CON(C=O)[C@@H](C)C(=O)OCC(C)C. The molecule has 0 aromatic carbocycles. The predicted octanol–water partition coefficient (Wildman–Crippen LogP) is 0.594. The maximum absolute atomic E-state index is 11.3. The number of rotatable bonds is 6. The first-order valence-electron chi connectivity index (χ1n) is 4.47. The Morgan fingerprint density at radius 3 is 2.36 bits per heavy atom. The van der Waals surface area contributed by atoms with Gasteiger partial charge in [0.15, 0.2) is 6.04 Å². The maximum atomic E-state index is 11.3. The molecule has 0 aliphatic carbocycles. The minimum absolute atomic E-state index is 0.276. The van der Waals surface area contributed by atoms with Crippen LogP contribution in [0.1, 0.15) is 20.8 Å². The normalized spacial score (nSPS) is 12.4. The minimum atomic E-state index is -0.712. The van der Waals surface area contributed by atoms with Gasteiger partial charge in [-0.2, -0.15) is 0 Å². The second kappa shape index (κ2) is 6.37. The molecule has 0 fully saturated rings. The van der Waals surface area contributed by atoms with E-state index < -0.39 is 12.0 Å². The zero-order valence-electron chi connectivity index (χ0n) is 9.02. The first-order chi connectivity index (χ1) is 6.52. The summed E-state index contributed by atoms with van der Waals surface area (Å²) in [5, 5.41) is 0.905. The zero-order chi connectivity index (χ0) is 11.1. The number of hydroxylamine groups is 2. The van der Waals surface area contributed by atoms with Gasteiger partial charge in [0.1, 0.15) is 0 Å². The molecule has 82 valence electrons. The van der Waals surface area contributed by atoms with E-state index in [0.717, 1.165) is 5.06 Å². The second-order valence-electron chi connectivity index (χ2n) is 3.35. The van der Waals surface area contributed by atoms with Crippen LogP contribution < -0.4 is 0 Å². The number of nitrogens with zero attached hydrogens (tertiary/aromatic N) is 1. The molecule has 0 heterocycles. The Morgan fingerprint density at radius 2 is 2.00 bits per heavy atom. The van der Waals surface area contributed by atoms with E-state index in [1.165, 1.54) is 7.11 Å². The molecular formula is C9H17NO4. The average molecular weight is 203 g/mol. The van der Waals surface area contributed by atoms with Crippen molar-refractivity contribution in [1.29, 1.82) is 0 Å². The Kier molecular flexibility index (Phi) is 5.87. The van der Waals surface area contributed by atoms with E-state index in [1.54, 1.807) is 6.92 Å². The van der Waals surface area contributed by atoms with Crippen LogP contribution in [0, 0.1) is 5.92 Å². The van der Waals surface area contributed by atoms with Gasteiger partial charge in [-0.25, -0.2) is 9.86 Å². The van der Waals surface area contributed by atoms with Crippen LogP contribution in [0.2, 0.25) is 0 Å². The fraction of sp³-hybridized carbons (Fsp3) is 0.778. The molecule has 0 N–H and O–H groups in total. The Labute approximate surface area is 83.9 Å². The van der Waals surface area contributed by atoms with E-state index in [2.05, 4.69) is 4.84 Å². The monoisotopic (exact) mass is 203 g/mol. The van der Waals surface area contributed by atoms with Gasteiger partial charge in [-0.15, -0.1) is 0 Å². The Morgan fingerprint density at radius 1 is 1.43 bits per heavy atom. The third kappa shape index (κ3) is 4.23. The van der Waals surface area contributed by atoms with Crippen molar-refractivity contribution >= 4 is 12.4 Å². The minimum Gasteiger partial charge on any atom is -0.464 e. The number of esters is 1. The molecule has 0 radical (unpaired) electrons. The van der Waals surface area contributed by atoms with Gasteiger partial charge in [-0.3, -0.25) is 9.63 Å². The first-order valence-corrected chi connectivity index (χ1v) is 4.47. The molecule has 5 nitrogen and oxygen atoms in total. The fourth-order valence-electron chi connectivity index (χ4n) is 0.766. The molecule has 1 amide bonds. The lowest BCUT2D eigenvalue weighted by atomic mass is 10.2. The number of ether oxygens (including phenoxy) is 1. The van der Waals surface area contributed by atoms with Crippen LogP contribution in [0.25, 0.3) is 0 Å². The maximum Gasteiger partial charge on any atom is 0.331 e. The third-order valence-electron chi connectivity index (χ3n) is 1.60. The molecule has 5 heteroatoms. The van der Waals surface area contributed by atoms with Crippen LogP contribution in [0.3, 0.4) is 0 Å². The lowest BCUT2D eigenvalue weighted by Gasteiger charge is -2.20. The lowest BCUT2D eigenvalue weighted by molar-refractivity contribution is -0.187. The summed E-state index contributed by atoms with van der Waals surface area (Å²) in [6.07, 6.45) is 0.446. The van der Waals surface area contributed by atoms with Gasteiger partial charge >= 0.3 is 5.97 Å². The van der Waals surface area contributed by atoms with Gasteiger partial charge in [0.25, 0.3) is 0 Å². The quantitative estimate of drug-likeness (QED) is 0.360. The second-order valence-corrected chi connectivity index (χ2v) is 3.35. The molecule has 0 aromatic heterocycles. The third-order valence-corrected chi connectivity index (χ3v) is 1.60. The Bertz CT molecular complexity index is 193. The van der Waals surface area contributed by atoms with Gasteiger partial charge in [0.2, 0.25) is 6.41 Å². The summed E-state index contributed by atoms with van der Waals surface area (Å²) < 4.78 is 4.93. The molecule has 14 heavy (non-hydrogen) atoms. The van der Waals surface area contributed by atoms with E-state index in [1.807, 2.05) is 13.8 Å². The van der Waals surface area contributed by atoms with Crippen molar-refractivity contribution in [3.05, 3.63) is 0 Å². The summed E-state index contributed by atoms with van der Waals surface area (Å²) in [6, 6.07) is -0.712. The number of hydrogen-bond donors (Lipinski definition) is 0. The predicted molar refractivity (Wildman–Crippen MR) is 50.2 cm³/mol. The van der Waals surface area contributed by atoms with Gasteiger partial charge in [0, 0.05) is 0 Å². The van der Waals surface area contributed by atoms with Crippen LogP contribution in [-0.4, -0.2) is 37.2 Å². The summed E-state index contributed by atoms with van der Waals surface area (Å²) in [6.45, 7) is 5.76. The van der Waals surface area contributed by atoms with Crippen LogP contribution in [0.5, 0.6) is 0 Å². The van der Waals surface area contributed by atoms with Gasteiger partial charge < -0.3 is 4.74 Å². The van der Waals surface area contributed by atoms with Crippen LogP contribution in [0.15, 0.2) is 0 Å². The molecule has 0 aliphatic rings. The van der Waals surface area contributed by atoms with Crippen LogP contribution in [-0.2, 0) is 19.2 Å². The van der Waals surface area contributed by atoms with Crippen molar-refractivity contribution in [2.45, 2.75) is 26.8 Å². The number of amides is 1. The van der Waals surface area contributed by atoms with Crippen LogP contribution >= 0.6 is 0 Å². The number of carbonyl (C=O) groups is 2. The highest BCUT2D eigenvalue weighted by Crippen LogP contribution is 2.01. The average Bonchev–Trinajstić information content (AvgIpc) is 2.15. The molecule has 0 rings (SSSR count). The molecule has 0 saturated carbocycles. The highest BCUT2D eigenvalue weighted by molar-refractivity contribution is 5.77. The van der Waals surface area contributed by atoms with Crippen molar-refractivity contribution in [3.63, 3.8) is 0 Å². The van der Waals surface area contributed by atoms with Crippen molar-refractivity contribution in [2.75, 3.05) is 13.7 Å². The Balaban J connectivity index is 4.03. The van der Waals surface area contributed by atoms with Crippen LogP contribution in [0.4, 0.5) is 0 Å². The number of carbonyl (C=O) groups excluding carboxylic acids is 2. The topological polar surface area (TPSA) is 55.8 Å². The van der Waals surface area contributed by atoms with Gasteiger partial charge in [-0.1, -0.05) is 13.8 Å². The molecule has 0 aliphatic heterocycles. The van der Waals surface area contributed by atoms with E-state index in [4.69, 9.17) is 4.74 Å². The smallest absolute Gasteiger partial charge is 0.331 e. The summed E-state index contributed by atoms with van der Waals surface area (Å²) in [4.78, 5) is 26.4. The standard InChI is InChI=1S/C9H17NO4/c1-7(2)5-14-9(12)8(3)10(6-11)13-4/h6-8H,5H2,1-4H3/t8-/m0/s1. The molecule has 0 unspecified atom stereocenters.